The highest BCUT2D eigenvalue weighted by Gasteiger charge is 2.19. The third-order valence-corrected chi connectivity index (χ3v) is 3.64. The van der Waals surface area contributed by atoms with E-state index in [1.807, 2.05) is 13.0 Å². The summed E-state index contributed by atoms with van der Waals surface area (Å²) in [6, 6.07) is 14.1. The Morgan fingerprint density at radius 3 is 2.84 bits per heavy atom. The summed E-state index contributed by atoms with van der Waals surface area (Å²) in [4.78, 5) is 12.5. The predicted molar refractivity (Wildman–Crippen MR) is 96.3 cm³/mol. The smallest absolute Gasteiger partial charge is 0.280 e. The van der Waals surface area contributed by atoms with Gasteiger partial charge >= 0.3 is 0 Å². The standard InChI is InChI=1S/C17H16ClN5O2/c1-2-25-14-9-4-3-8-13(14)20-17(24)15-16(19)23(22-21-15)12-7-5-6-11(18)10-12/h3-10H,2,19H2,1H3,(H,20,24). The number of nitrogens with one attached hydrogen (secondary N) is 1. The minimum absolute atomic E-state index is 0.0197. The number of hydrogen-bond donors (Lipinski definition) is 2. The molecule has 0 fully saturated rings. The number of halogens is 1. The number of hydrogen-bond acceptors (Lipinski definition) is 5. The fraction of sp³-hybridized carbons (Fsp3) is 0.118. The molecule has 0 radical (unpaired) electrons. The van der Waals surface area contributed by atoms with Crippen LogP contribution in [-0.4, -0.2) is 27.5 Å². The lowest BCUT2D eigenvalue weighted by Gasteiger charge is -2.10. The van der Waals surface area contributed by atoms with E-state index < -0.39 is 5.91 Å². The third kappa shape index (κ3) is 3.56. The molecule has 0 bridgehead atoms. The molecule has 1 heterocycles. The van der Waals surface area contributed by atoms with Gasteiger partial charge in [0.15, 0.2) is 11.5 Å². The summed E-state index contributed by atoms with van der Waals surface area (Å²) in [7, 11) is 0. The Labute approximate surface area is 149 Å². The molecule has 1 aromatic heterocycles. The number of benzene rings is 2. The number of rotatable bonds is 5. The summed E-state index contributed by atoms with van der Waals surface area (Å²) in [5.74, 6) is 0.214. The molecule has 0 aliphatic heterocycles. The van der Waals surface area contributed by atoms with Gasteiger partial charge in [0, 0.05) is 5.02 Å². The van der Waals surface area contributed by atoms with Gasteiger partial charge in [-0.15, -0.1) is 5.10 Å². The van der Waals surface area contributed by atoms with Crippen LogP contribution in [-0.2, 0) is 0 Å². The van der Waals surface area contributed by atoms with Gasteiger partial charge in [-0.05, 0) is 37.3 Å². The van der Waals surface area contributed by atoms with E-state index in [2.05, 4.69) is 15.6 Å². The van der Waals surface area contributed by atoms with Crippen molar-refractivity contribution in [2.75, 3.05) is 17.7 Å². The minimum atomic E-state index is -0.474. The van der Waals surface area contributed by atoms with Crippen molar-refractivity contribution < 1.29 is 9.53 Å². The van der Waals surface area contributed by atoms with Gasteiger partial charge in [0.1, 0.15) is 5.75 Å². The number of anilines is 2. The van der Waals surface area contributed by atoms with Crippen molar-refractivity contribution >= 4 is 29.0 Å². The van der Waals surface area contributed by atoms with Gasteiger partial charge < -0.3 is 15.8 Å². The van der Waals surface area contributed by atoms with E-state index in [-0.39, 0.29) is 11.5 Å². The Bertz CT molecular complexity index is 910. The largest absolute Gasteiger partial charge is 0.492 e. The first kappa shape index (κ1) is 16.8. The lowest BCUT2D eigenvalue weighted by Crippen LogP contribution is -2.15. The van der Waals surface area contributed by atoms with Gasteiger partial charge in [0.25, 0.3) is 5.91 Å². The number of para-hydroxylation sites is 2. The zero-order valence-electron chi connectivity index (χ0n) is 13.4. The fourth-order valence-corrected chi connectivity index (χ4v) is 2.47. The number of nitrogen functional groups attached to an aromatic ring is 1. The Hall–Kier alpha value is -3.06. The van der Waals surface area contributed by atoms with Crippen LogP contribution in [0, 0.1) is 0 Å². The second-order valence-corrected chi connectivity index (χ2v) is 5.53. The maximum absolute atomic E-state index is 12.5. The fourth-order valence-electron chi connectivity index (χ4n) is 2.28. The number of nitrogens with zero attached hydrogens (tertiary/aromatic N) is 3. The van der Waals surface area contributed by atoms with E-state index in [0.717, 1.165) is 0 Å². The molecule has 0 spiro atoms. The highest BCUT2D eigenvalue weighted by Crippen LogP contribution is 2.25. The number of carbonyl (C=O) groups excluding carboxylic acids is 1. The maximum Gasteiger partial charge on any atom is 0.280 e. The van der Waals surface area contributed by atoms with Crippen molar-refractivity contribution in [3.05, 3.63) is 59.2 Å². The molecule has 0 aliphatic rings. The molecule has 3 aromatic rings. The first-order chi connectivity index (χ1) is 12.1. The van der Waals surface area contributed by atoms with E-state index in [9.17, 15) is 4.79 Å². The van der Waals surface area contributed by atoms with Crippen molar-refractivity contribution in [2.24, 2.45) is 0 Å². The molecule has 0 saturated heterocycles. The number of aromatic nitrogens is 3. The number of ether oxygens (including phenoxy) is 1. The van der Waals surface area contributed by atoms with Crippen LogP contribution in [0.1, 0.15) is 17.4 Å². The van der Waals surface area contributed by atoms with E-state index in [1.165, 1.54) is 4.68 Å². The summed E-state index contributed by atoms with van der Waals surface area (Å²) in [6.07, 6.45) is 0. The molecule has 0 atom stereocenters. The first-order valence-corrected chi connectivity index (χ1v) is 7.98. The molecule has 0 saturated carbocycles. The van der Waals surface area contributed by atoms with Crippen molar-refractivity contribution in [3.63, 3.8) is 0 Å². The van der Waals surface area contributed by atoms with Crippen LogP contribution in [0.3, 0.4) is 0 Å². The second kappa shape index (κ2) is 7.23. The molecule has 3 rings (SSSR count). The molecule has 3 N–H and O–H groups in total. The molecule has 1 amide bonds. The first-order valence-electron chi connectivity index (χ1n) is 7.60. The van der Waals surface area contributed by atoms with Crippen molar-refractivity contribution in [1.82, 2.24) is 15.0 Å². The van der Waals surface area contributed by atoms with E-state index >= 15 is 0 Å². The topological polar surface area (TPSA) is 95.1 Å². The number of amides is 1. The molecule has 25 heavy (non-hydrogen) atoms. The normalized spacial score (nSPS) is 10.5. The van der Waals surface area contributed by atoms with E-state index in [0.29, 0.717) is 28.8 Å². The van der Waals surface area contributed by atoms with E-state index in [1.54, 1.807) is 42.5 Å². The number of carbonyl (C=O) groups is 1. The monoisotopic (exact) mass is 357 g/mol. The summed E-state index contributed by atoms with van der Waals surface area (Å²) in [6.45, 7) is 2.35. The highest BCUT2D eigenvalue weighted by molar-refractivity contribution is 6.30. The van der Waals surface area contributed by atoms with Gasteiger partial charge in [0.05, 0.1) is 18.0 Å². The minimum Gasteiger partial charge on any atom is -0.492 e. The van der Waals surface area contributed by atoms with Gasteiger partial charge in [-0.3, -0.25) is 4.79 Å². The van der Waals surface area contributed by atoms with Crippen LogP contribution in [0.15, 0.2) is 48.5 Å². The molecular weight excluding hydrogens is 342 g/mol. The summed E-state index contributed by atoms with van der Waals surface area (Å²) >= 11 is 5.98. The van der Waals surface area contributed by atoms with E-state index in [4.69, 9.17) is 22.1 Å². The molecule has 2 aromatic carbocycles. The predicted octanol–water partition coefficient (Wildman–Crippen LogP) is 3.15. The maximum atomic E-state index is 12.5. The molecule has 0 unspecified atom stereocenters. The number of nitrogens with two attached hydrogens (primary N) is 1. The van der Waals surface area contributed by atoms with Crippen LogP contribution in [0.4, 0.5) is 11.5 Å². The quantitative estimate of drug-likeness (QED) is 0.731. The third-order valence-electron chi connectivity index (χ3n) is 3.41. The second-order valence-electron chi connectivity index (χ2n) is 5.10. The van der Waals surface area contributed by atoms with Crippen molar-refractivity contribution in [3.8, 4) is 11.4 Å². The Kier molecular flexibility index (Phi) is 4.85. The summed E-state index contributed by atoms with van der Waals surface area (Å²) < 4.78 is 6.85. The SMILES string of the molecule is CCOc1ccccc1NC(=O)c1nnn(-c2cccc(Cl)c2)c1N. The zero-order chi connectivity index (χ0) is 17.8. The zero-order valence-corrected chi connectivity index (χ0v) is 14.2. The molecule has 8 heteroatoms. The molecular formula is C17H16ClN5O2. The summed E-state index contributed by atoms with van der Waals surface area (Å²) in [5.41, 5.74) is 7.21. The highest BCUT2D eigenvalue weighted by atomic mass is 35.5. The Balaban J connectivity index is 1.87. The average molecular weight is 358 g/mol. The van der Waals surface area contributed by atoms with Crippen molar-refractivity contribution in [2.45, 2.75) is 6.92 Å². The van der Waals surface area contributed by atoms with Crippen LogP contribution in [0.5, 0.6) is 5.75 Å². The van der Waals surface area contributed by atoms with Crippen molar-refractivity contribution in [1.29, 1.82) is 0 Å². The van der Waals surface area contributed by atoms with Gasteiger partial charge in [-0.25, -0.2) is 0 Å². The lowest BCUT2D eigenvalue weighted by atomic mass is 10.2. The van der Waals surface area contributed by atoms with Gasteiger partial charge in [0.2, 0.25) is 0 Å². The Morgan fingerprint density at radius 1 is 1.28 bits per heavy atom. The molecule has 128 valence electrons. The van der Waals surface area contributed by atoms with Gasteiger partial charge in [-0.2, -0.15) is 4.68 Å². The molecule has 7 nitrogen and oxygen atoms in total. The summed E-state index contributed by atoms with van der Waals surface area (Å²) in [5, 5.41) is 11.1. The van der Waals surface area contributed by atoms with Crippen LogP contribution < -0.4 is 15.8 Å². The van der Waals surface area contributed by atoms with Crippen LogP contribution in [0.25, 0.3) is 5.69 Å². The van der Waals surface area contributed by atoms with Crippen LogP contribution >= 0.6 is 11.6 Å². The average Bonchev–Trinajstić information content (AvgIpc) is 2.98. The molecule has 0 aliphatic carbocycles. The Morgan fingerprint density at radius 2 is 2.08 bits per heavy atom. The lowest BCUT2D eigenvalue weighted by molar-refractivity contribution is 0.102. The van der Waals surface area contributed by atoms with Crippen LogP contribution in [0.2, 0.25) is 5.02 Å². The van der Waals surface area contributed by atoms with Gasteiger partial charge in [-0.1, -0.05) is 35.0 Å².